The molecule has 31 heavy (non-hydrogen) atoms. The third kappa shape index (κ3) is 4.54. The summed E-state index contributed by atoms with van der Waals surface area (Å²) in [6.07, 6.45) is 3.69. The van der Waals surface area contributed by atoms with Gasteiger partial charge >= 0.3 is 0 Å². The van der Waals surface area contributed by atoms with Crippen LogP contribution in [0.15, 0.2) is 67.0 Å². The molecule has 4 rings (SSSR count). The molecular formula is C24H24ClN5O. The standard InChI is InChI=1S/C24H24ClN5O/c1-17-9-11-19(12-10-17)15-30-23(25)22(18(2)27-30)24(31)28(3)14-20-13-26-29(16-20)21-7-5-4-6-8-21/h4-13,16H,14-15H2,1-3H3. The molecule has 2 aromatic heterocycles. The van der Waals surface area contributed by atoms with Crippen molar-refractivity contribution in [3.63, 3.8) is 0 Å². The second-order valence-corrected chi connectivity index (χ2v) is 8.04. The van der Waals surface area contributed by atoms with Crippen LogP contribution in [0.25, 0.3) is 5.69 Å². The van der Waals surface area contributed by atoms with E-state index in [1.165, 1.54) is 5.56 Å². The van der Waals surface area contributed by atoms with Gasteiger partial charge in [0, 0.05) is 25.4 Å². The maximum atomic E-state index is 13.1. The van der Waals surface area contributed by atoms with E-state index in [2.05, 4.69) is 22.3 Å². The number of amides is 1. The number of rotatable bonds is 6. The van der Waals surface area contributed by atoms with Gasteiger partial charge in [0.25, 0.3) is 5.91 Å². The second kappa shape index (κ2) is 8.78. The van der Waals surface area contributed by atoms with Crippen molar-refractivity contribution >= 4 is 17.5 Å². The van der Waals surface area contributed by atoms with Crippen LogP contribution in [0.5, 0.6) is 0 Å². The van der Waals surface area contributed by atoms with Gasteiger partial charge in [-0.15, -0.1) is 0 Å². The minimum absolute atomic E-state index is 0.162. The lowest BCUT2D eigenvalue weighted by atomic mass is 10.1. The molecule has 0 bridgehead atoms. The van der Waals surface area contributed by atoms with Crippen LogP contribution in [0, 0.1) is 13.8 Å². The Morgan fingerprint density at radius 2 is 1.74 bits per heavy atom. The Morgan fingerprint density at radius 3 is 2.45 bits per heavy atom. The molecule has 1 amide bonds. The molecule has 0 aliphatic rings. The Hall–Kier alpha value is -3.38. The first-order chi connectivity index (χ1) is 14.9. The lowest BCUT2D eigenvalue weighted by molar-refractivity contribution is 0.0784. The molecule has 0 saturated carbocycles. The number of benzene rings is 2. The summed E-state index contributed by atoms with van der Waals surface area (Å²) in [5, 5.41) is 9.26. The van der Waals surface area contributed by atoms with Gasteiger partial charge in [-0.25, -0.2) is 9.36 Å². The largest absolute Gasteiger partial charge is 0.337 e. The van der Waals surface area contributed by atoms with E-state index in [4.69, 9.17) is 11.6 Å². The number of hydrogen-bond donors (Lipinski definition) is 0. The van der Waals surface area contributed by atoms with Crippen molar-refractivity contribution in [2.24, 2.45) is 0 Å². The summed E-state index contributed by atoms with van der Waals surface area (Å²) < 4.78 is 3.47. The Morgan fingerprint density at radius 1 is 1.03 bits per heavy atom. The predicted molar refractivity (Wildman–Crippen MR) is 122 cm³/mol. The summed E-state index contributed by atoms with van der Waals surface area (Å²) >= 11 is 6.57. The number of halogens is 1. The molecule has 0 atom stereocenters. The monoisotopic (exact) mass is 433 g/mol. The van der Waals surface area contributed by atoms with Crippen LogP contribution < -0.4 is 0 Å². The number of carbonyl (C=O) groups is 1. The van der Waals surface area contributed by atoms with E-state index in [0.29, 0.717) is 29.5 Å². The molecule has 2 aromatic carbocycles. The average Bonchev–Trinajstić information content (AvgIpc) is 3.34. The highest BCUT2D eigenvalue weighted by Crippen LogP contribution is 2.23. The van der Waals surface area contributed by atoms with Gasteiger partial charge < -0.3 is 4.90 Å². The fraction of sp³-hybridized carbons (Fsp3) is 0.208. The summed E-state index contributed by atoms with van der Waals surface area (Å²) in [4.78, 5) is 14.8. The zero-order valence-corrected chi connectivity index (χ0v) is 18.5. The van der Waals surface area contributed by atoms with Crippen molar-refractivity contribution in [2.45, 2.75) is 26.9 Å². The molecule has 2 heterocycles. The topological polar surface area (TPSA) is 56.0 Å². The SMILES string of the molecule is Cc1ccc(Cn2nc(C)c(C(=O)N(C)Cc3cnn(-c4ccccc4)c3)c2Cl)cc1. The summed E-state index contributed by atoms with van der Waals surface area (Å²) in [7, 11) is 1.76. The molecule has 0 aliphatic carbocycles. The second-order valence-electron chi connectivity index (χ2n) is 7.68. The van der Waals surface area contributed by atoms with Crippen molar-refractivity contribution in [3.05, 3.63) is 100 Å². The summed E-state index contributed by atoms with van der Waals surface area (Å²) in [6, 6.07) is 18.0. The Bertz CT molecular complexity index is 1190. The first kappa shape index (κ1) is 20.9. The van der Waals surface area contributed by atoms with Gasteiger partial charge in [-0.1, -0.05) is 59.6 Å². The van der Waals surface area contributed by atoms with Gasteiger partial charge in [0.1, 0.15) is 5.15 Å². The van der Waals surface area contributed by atoms with E-state index in [0.717, 1.165) is 16.8 Å². The molecule has 0 fully saturated rings. The quantitative estimate of drug-likeness (QED) is 0.444. The highest BCUT2D eigenvalue weighted by molar-refractivity contribution is 6.33. The minimum Gasteiger partial charge on any atom is -0.337 e. The number of aryl methyl sites for hydroxylation is 2. The van der Waals surface area contributed by atoms with Gasteiger partial charge in [-0.2, -0.15) is 10.2 Å². The van der Waals surface area contributed by atoms with Gasteiger partial charge in [0.05, 0.1) is 29.7 Å². The lowest BCUT2D eigenvalue weighted by Crippen LogP contribution is -2.26. The third-order valence-corrected chi connectivity index (χ3v) is 5.54. The third-order valence-electron chi connectivity index (χ3n) is 5.16. The zero-order chi connectivity index (χ0) is 22.0. The van der Waals surface area contributed by atoms with Gasteiger partial charge in [-0.3, -0.25) is 4.79 Å². The molecule has 0 spiro atoms. The van der Waals surface area contributed by atoms with Gasteiger partial charge in [0.2, 0.25) is 0 Å². The fourth-order valence-corrected chi connectivity index (χ4v) is 3.78. The van der Waals surface area contributed by atoms with Crippen LogP contribution in [0.3, 0.4) is 0 Å². The van der Waals surface area contributed by atoms with Crippen molar-refractivity contribution < 1.29 is 4.79 Å². The Labute approximate surface area is 186 Å². The van der Waals surface area contributed by atoms with E-state index in [1.54, 1.807) is 27.5 Å². The molecule has 0 saturated heterocycles. The molecule has 7 heteroatoms. The van der Waals surface area contributed by atoms with Crippen LogP contribution in [0.4, 0.5) is 0 Å². The molecular weight excluding hydrogens is 410 g/mol. The average molecular weight is 434 g/mol. The zero-order valence-electron chi connectivity index (χ0n) is 17.8. The van der Waals surface area contributed by atoms with Crippen molar-refractivity contribution in [2.75, 3.05) is 7.05 Å². The predicted octanol–water partition coefficient (Wildman–Crippen LogP) is 4.66. The first-order valence-corrected chi connectivity index (χ1v) is 10.4. The maximum absolute atomic E-state index is 13.1. The highest BCUT2D eigenvalue weighted by atomic mass is 35.5. The molecule has 4 aromatic rings. The normalized spacial score (nSPS) is 11.0. The van der Waals surface area contributed by atoms with Crippen molar-refractivity contribution in [1.29, 1.82) is 0 Å². The molecule has 0 N–H and O–H groups in total. The fourth-order valence-electron chi connectivity index (χ4n) is 3.47. The van der Waals surface area contributed by atoms with Gasteiger partial charge in [-0.05, 0) is 31.5 Å². The van der Waals surface area contributed by atoms with Crippen LogP contribution >= 0.6 is 11.6 Å². The Kier molecular flexibility index (Phi) is 5.91. The number of hydrogen-bond acceptors (Lipinski definition) is 3. The summed E-state index contributed by atoms with van der Waals surface area (Å²) in [6.45, 7) is 4.79. The maximum Gasteiger partial charge on any atom is 0.258 e. The molecule has 0 aliphatic heterocycles. The van der Waals surface area contributed by atoms with Crippen molar-refractivity contribution in [1.82, 2.24) is 24.5 Å². The highest BCUT2D eigenvalue weighted by Gasteiger charge is 2.23. The number of aromatic nitrogens is 4. The summed E-state index contributed by atoms with van der Waals surface area (Å²) in [5.74, 6) is -0.162. The molecule has 0 radical (unpaired) electrons. The van der Waals surface area contributed by atoms with Gasteiger partial charge in [0.15, 0.2) is 0 Å². The molecule has 0 unspecified atom stereocenters. The molecule has 6 nitrogen and oxygen atoms in total. The number of nitrogens with zero attached hydrogens (tertiary/aromatic N) is 5. The minimum atomic E-state index is -0.162. The lowest BCUT2D eigenvalue weighted by Gasteiger charge is -2.16. The smallest absolute Gasteiger partial charge is 0.258 e. The van der Waals surface area contributed by atoms with E-state index in [1.807, 2.05) is 62.5 Å². The van der Waals surface area contributed by atoms with E-state index < -0.39 is 0 Å². The molecule has 158 valence electrons. The Balaban J connectivity index is 1.49. The van der Waals surface area contributed by atoms with Crippen LogP contribution in [0.1, 0.15) is 32.7 Å². The van der Waals surface area contributed by atoms with Crippen molar-refractivity contribution in [3.8, 4) is 5.69 Å². The first-order valence-electron chi connectivity index (χ1n) is 10.1. The van der Waals surface area contributed by atoms with E-state index in [9.17, 15) is 4.79 Å². The number of carbonyl (C=O) groups excluding carboxylic acids is 1. The van der Waals surface area contributed by atoms with Crippen LogP contribution in [-0.2, 0) is 13.1 Å². The van der Waals surface area contributed by atoms with E-state index in [-0.39, 0.29) is 5.91 Å². The summed E-state index contributed by atoms with van der Waals surface area (Å²) in [5.41, 5.74) is 5.23. The number of para-hydroxylation sites is 1. The van der Waals surface area contributed by atoms with Crippen LogP contribution in [-0.4, -0.2) is 37.4 Å². The van der Waals surface area contributed by atoms with E-state index >= 15 is 0 Å². The van der Waals surface area contributed by atoms with Crippen LogP contribution in [0.2, 0.25) is 5.15 Å².